The van der Waals surface area contributed by atoms with E-state index in [1.54, 1.807) is 0 Å². The highest BCUT2D eigenvalue weighted by Crippen LogP contribution is 2.27. The molecule has 1 fully saturated rings. The molecule has 1 aliphatic heterocycles. The molecule has 72 valence electrons. The van der Waals surface area contributed by atoms with Crippen LogP contribution in [0, 0.1) is 5.92 Å². The maximum Gasteiger partial charge on any atom is 0.0545 e. The van der Waals surface area contributed by atoms with Gasteiger partial charge in [0.15, 0.2) is 0 Å². The molecule has 1 atom stereocenters. The Labute approximate surface area is 79.1 Å². The average molecular weight is 179 g/mol. The monoisotopic (exact) mass is 179 g/mol. The van der Waals surface area contributed by atoms with E-state index in [0.29, 0.717) is 6.04 Å². The highest BCUT2D eigenvalue weighted by Gasteiger charge is 2.30. The summed E-state index contributed by atoms with van der Waals surface area (Å²) in [7, 11) is 4.29. The number of nitrogens with zero attached hydrogens (tertiary/aromatic N) is 1. The molecule has 3 heteroatoms. The summed E-state index contributed by atoms with van der Waals surface area (Å²) < 4.78 is 0. The zero-order valence-electron chi connectivity index (χ0n) is 8.25. The molecule has 3 nitrogen and oxygen atoms in total. The third kappa shape index (κ3) is 1.62. The molecule has 0 radical (unpaired) electrons. The molecular formula is C10H17N3. The fourth-order valence-corrected chi connectivity index (χ4v) is 2.02. The van der Waals surface area contributed by atoms with Crippen LogP contribution in [0.5, 0.6) is 0 Å². The van der Waals surface area contributed by atoms with Crippen molar-refractivity contribution in [3.63, 3.8) is 0 Å². The second-order valence-corrected chi connectivity index (χ2v) is 3.95. The molecular weight excluding hydrogens is 162 g/mol. The minimum Gasteiger partial charge on any atom is -0.364 e. The van der Waals surface area contributed by atoms with Gasteiger partial charge in [-0.2, -0.15) is 0 Å². The second kappa shape index (κ2) is 3.52. The lowest BCUT2D eigenvalue weighted by atomic mass is 9.91. The van der Waals surface area contributed by atoms with Gasteiger partial charge in [-0.3, -0.25) is 0 Å². The first-order chi connectivity index (χ1) is 6.29. The molecule has 2 heterocycles. The molecule has 1 unspecified atom stereocenters. The Morgan fingerprint density at radius 3 is 2.62 bits per heavy atom. The minimum absolute atomic E-state index is 0.538. The molecule has 0 amide bonds. The van der Waals surface area contributed by atoms with E-state index in [0.717, 1.165) is 19.0 Å². The summed E-state index contributed by atoms with van der Waals surface area (Å²) in [4.78, 5) is 5.59. The van der Waals surface area contributed by atoms with E-state index >= 15 is 0 Å². The topological polar surface area (TPSA) is 31.1 Å². The van der Waals surface area contributed by atoms with Crippen LogP contribution in [0.1, 0.15) is 11.7 Å². The molecule has 1 aromatic rings. The lowest BCUT2D eigenvalue weighted by molar-refractivity contribution is 0.157. The fraction of sp³-hybridized carbons (Fsp3) is 0.600. The van der Waals surface area contributed by atoms with Crippen molar-refractivity contribution in [1.29, 1.82) is 0 Å². The molecule has 0 bridgehead atoms. The van der Waals surface area contributed by atoms with E-state index in [4.69, 9.17) is 0 Å². The van der Waals surface area contributed by atoms with Crippen molar-refractivity contribution in [2.45, 2.75) is 6.04 Å². The van der Waals surface area contributed by atoms with Crippen molar-refractivity contribution < 1.29 is 0 Å². The van der Waals surface area contributed by atoms with Crippen molar-refractivity contribution in [3.05, 3.63) is 24.0 Å². The number of aromatic nitrogens is 1. The smallest absolute Gasteiger partial charge is 0.0545 e. The number of H-pyrrole nitrogens is 1. The van der Waals surface area contributed by atoms with Crippen LogP contribution in [0.2, 0.25) is 0 Å². The van der Waals surface area contributed by atoms with Gasteiger partial charge in [0.05, 0.1) is 6.04 Å². The van der Waals surface area contributed by atoms with E-state index < -0.39 is 0 Å². The zero-order chi connectivity index (χ0) is 9.26. The largest absolute Gasteiger partial charge is 0.364 e. The molecule has 13 heavy (non-hydrogen) atoms. The van der Waals surface area contributed by atoms with Gasteiger partial charge in [0, 0.05) is 30.9 Å². The summed E-state index contributed by atoms with van der Waals surface area (Å²) in [6.07, 6.45) is 2.00. The van der Waals surface area contributed by atoms with Gasteiger partial charge < -0.3 is 15.2 Å². The van der Waals surface area contributed by atoms with Crippen molar-refractivity contribution in [1.82, 2.24) is 15.2 Å². The van der Waals surface area contributed by atoms with Crippen molar-refractivity contribution in [2.24, 2.45) is 5.92 Å². The van der Waals surface area contributed by atoms with Crippen LogP contribution in [0.15, 0.2) is 18.3 Å². The summed E-state index contributed by atoms with van der Waals surface area (Å²) in [6, 6.07) is 4.78. The predicted molar refractivity (Wildman–Crippen MR) is 53.6 cm³/mol. The molecule has 0 aliphatic carbocycles. The third-order valence-electron chi connectivity index (χ3n) is 2.76. The standard InChI is InChI=1S/C10H17N3/c1-13(2)10(8-6-11-7-8)9-4-3-5-12-9/h3-5,8,10-12H,6-7H2,1-2H3. The van der Waals surface area contributed by atoms with E-state index in [2.05, 4.69) is 41.4 Å². The lowest BCUT2D eigenvalue weighted by Gasteiger charge is -2.38. The first kappa shape index (κ1) is 8.78. The number of rotatable bonds is 3. The molecule has 1 aromatic heterocycles. The summed E-state index contributed by atoms with van der Waals surface area (Å²) in [5.41, 5.74) is 1.33. The fourth-order valence-electron chi connectivity index (χ4n) is 2.02. The highest BCUT2D eigenvalue weighted by molar-refractivity contribution is 5.12. The predicted octanol–water partition coefficient (Wildman–Crippen LogP) is 0.837. The third-order valence-corrected chi connectivity index (χ3v) is 2.76. The van der Waals surface area contributed by atoms with Gasteiger partial charge >= 0.3 is 0 Å². The van der Waals surface area contributed by atoms with Crippen LogP contribution in [-0.2, 0) is 0 Å². The first-order valence-electron chi connectivity index (χ1n) is 4.79. The molecule has 0 saturated carbocycles. The maximum atomic E-state index is 3.32. The van der Waals surface area contributed by atoms with Gasteiger partial charge in [-0.15, -0.1) is 0 Å². The normalized spacial score (nSPS) is 20.2. The minimum atomic E-state index is 0.538. The molecule has 1 aliphatic rings. The first-order valence-corrected chi connectivity index (χ1v) is 4.79. The molecule has 0 spiro atoms. The van der Waals surface area contributed by atoms with Crippen molar-refractivity contribution >= 4 is 0 Å². The molecule has 1 saturated heterocycles. The van der Waals surface area contributed by atoms with Crippen molar-refractivity contribution in [2.75, 3.05) is 27.2 Å². The number of nitrogens with one attached hydrogen (secondary N) is 2. The van der Waals surface area contributed by atoms with E-state index in [1.165, 1.54) is 5.69 Å². The Morgan fingerprint density at radius 2 is 2.23 bits per heavy atom. The number of hydrogen-bond donors (Lipinski definition) is 2. The zero-order valence-corrected chi connectivity index (χ0v) is 8.25. The van der Waals surface area contributed by atoms with Crippen molar-refractivity contribution in [3.8, 4) is 0 Å². The van der Waals surface area contributed by atoms with Crippen LogP contribution in [0.4, 0.5) is 0 Å². The Kier molecular flexibility index (Phi) is 2.38. The van der Waals surface area contributed by atoms with Gasteiger partial charge in [-0.25, -0.2) is 0 Å². The van der Waals surface area contributed by atoms with E-state index in [1.807, 2.05) is 6.20 Å². The molecule has 0 aromatic carbocycles. The summed E-state index contributed by atoms with van der Waals surface area (Å²) in [6.45, 7) is 2.28. The SMILES string of the molecule is CN(C)C(c1ccc[nH]1)C1CNC1. The summed E-state index contributed by atoms with van der Waals surface area (Å²) >= 11 is 0. The quantitative estimate of drug-likeness (QED) is 0.720. The van der Waals surface area contributed by atoms with Crippen LogP contribution >= 0.6 is 0 Å². The Balaban J connectivity index is 2.13. The molecule has 2 N–H and O–H groups in total. The highest BCUT2D eigenvalue weighted by atomic mass is 15.1. The van der Waals surface area contributed by atoms with Crippen LogP contribution in [0.3, 0.4) is 0 Å². The average Bonchev–Trinajstić information content (AvgIpc) is 2.46. The number of hydrogen-bond acceptors (Lipinski definition) is 2. The Morgan fingerprint density at radius 1 is 1.46 bits per heavy atom. The van der Waals surface area contributed by atoms with Crippen LogP contribution < -0.4 is 5.32 Å². The van der Waals surface area contributed by atoms with E-state index in [9.17, 15) is 0 Å². The molecule has 2 rings (SSSR count). The Hall–Kier alpha value is -0.800. The number of aromatic amines is 1. The van der Waals surface area contributed by atoms with Gasteiger partial charge in [-0.1, -0.05) is 0 Å². The summed E-state index contributed by atoms with van der Waals surface area (Å²) in [5, 5.41) is 3.32. The summed E-state index contributed by atoms with van der Waals surface area (Å²) in [5.74, 6) is 0.758. The Bertz CT molecular complexity index is 249. The van der Waals surface area contributed by atoms with Crippen LogP contribution in [-0.4, -0.2) is 37.1 Å². The van der Waals surface area contributed by atoms with Crippen LogP contribution in [0.25, 0.3) is 0 Å². The maximum absolute atomic E-state index is 3.32. The van der Waals surface area contributed by atoms with Gasteiger partial charge in [0.25, 0.3) is 0 Å². The van der Waals surface area contributed by atoms with Gasteiger partial charge in [0.2, 0.25) is 0 Å². The second-order valence-electron chi connectivity index (χ2n) is 3.95. The van der Waals surface area contributed by atoms with E-state index in [-0.39, 0.29) is 0 Å². The van der Waals surface area contributed by atoms with Gasteiger partial charge in [-0.05, 0) is 26.2 Å². The van der Waals surface area contributed by atoms with Gasteiger partial charge in [0.1, 0.15) is 0 Å². The lowest BCUT2D eigenvalue weighted by Crippen LogP contribution is -2.48.